The Morgan fingerprint density at radius 1 is 1.67 bits per heavy atom. The Morgan fingerprint density at radius 3 is 3.11 bits per heavy atom. The van der Waals surface area contributed by atoms with E-state index in [-0.39, 0.29) is 0 Å². The Balaban J connectivity index is 2.48. The molecule has 1 rings (SSSR count). The minimum absolute atomic E-state index is 1.13. The lowest BCUT2D eigenvalue weighted by Gasteiger charge is -1.83. The highest BCUT2D eigenvalue weighted by Crippen LogP contribution is 2.08. The van der Waals surface area contributed by atoms with Crippen LogP contribution in [0, 0.1) is 0 Å². The van der Waals surface area contributed by atoms with Crippen molar-refractivity contribution in [2.75, 3.05) is 0 Å². The van der Waals surface area contributed by atoms with Crippen molar-refractivity contribution in [3.8, 4) is 0 Å². The van der Waals surface area contributed by atoms with Crippen LogP contribution >= 0.6 is 11.3 Å². The summed E-state index contributed by atoms with van der Waals surface area (Å²) in [5, 5.41) is 2.12. The van der Waals surface area contributed by atoms with Crippen molar-refractivity contribution in [2.45, 2.75) is 6.42 Å². The van der Waals surface area contributed by atoms with Gasteiger partial charge in [0, 0.05) is 15.1 Å². The van der Waals surface area contributed by atoms with Crippen LogP contribution in [-0.4, -0.2) is 10.2 Å². The third-order valence-corrected chi connectivity index (χ3v) is 2.50. The molecule has 1 aromatic heterocycles. The Labute approximate surface area is 62.6 Å². The molecule has 0 radical (unpaired) electrons. The van der Waals surface area contributed by atoms with Crippen LogP contribution in [-0.2, 0) is 6.42 Å². The second-order valence-electron chi connectivity index (χ2n) is 1.85. The maximum atomic E-state index is 2.23. The fourth-order valence-corrected chi connectivity index (χ4v) is 1.58. The van der Waals surface area contributed by atoms with Gasteiger partial charge >= 0.3 is 0 Å². The van der Waals surface area contributed by atoms with Crippen molar-refractivity contribution in [3.63, 3.8) is 0 Å². The van der Waals surface area contributed by atoms with Gasteiger partial charge in [-0.05, 0) is 17.9 Å². The van der Waals surface area contributed by atoms with Crippen LogP contribution in [0.5, 0.6) is 0 Å². The molecule has 0 aromatic carbocycles. The highest BCUT2D eigenvalue weighted by Gasteiger charge is 1.85. The summed E-state index contributed by atoms with van der Waals surface area (Å²) >= 11 is 1.83. The molecule has 0 aliphatic heterocycles. The van der Waals surface area contributed by atoms with Gasteiger partial charge in [-0.3, -0.25) is 0 Å². The molecule has 0 saturated carbocycles. The molecular formula is C7H10SSi. The van der Waals surface area contributed by atoms with E-state index >= 15 is 0 Å². The van der Waals surface area contributed by atoms with Gasteiger partial charge in [0.2, 0.25) is 0 Å². The lowest BCUT2D eigenvalue weighted by molar-refractivity contribution is 1.35. The van der Waals surface area contributed by atoms with Crippen molar-refractivity contribution in [1.29, 1.82) is 0 Å². The summed E-state index contributed by atoms with van der Waals surface area (Å²) < 4.78 is 0. The van der Waals surface area contributed by atoms with Gasteiger partial charge in [-0.25, -0.2) is 0 Å². The fourth-order valence-electron chi connectivity index (χ4n) is 0.663. The van der Waals surface area contributed by atoms with Crippen molar-refractivity contribution in [3.05, 3.63) is 34.2 Å². The first-order chi connectivity index (χ1) is 4.43. The van der Waals surface area contributed by atoms with Crippen LogP contribution in [0.4, 0.5) is 0 Å². The zero-order chi connectivity index (χ0) is 6.53. The Morgan fingerprint density at radius 2 is 2.56 bits per heavy atom. The highest BCUT2D eigenvalue weighted by molar-refractivity contribution is 7.09. The van der Waals surface area contributed by atoms with Crippen molar-refractivity contribution in [1.82, 2.24) is 0 Å². The zero-order valence-corrected chi connectivity index (χ0v) is 8.32. The smallest absolute Gasteiger partial charge is 0.0287 e. The molecule has 48 valence electrons. The van der Waals surface area contributed by atoms with Crippen LogP contribution in [0.2, 0.25) is 0 Å². The van der Waals surface area contributed by atoms with Crippen molar-refractivity contribution >= 4 is 21.6 Å². The van der Waals surface area contributed by atoms with Gasteiger partial charge in [0.05, 0.1) is 0 Å². The fraction of sp³-hybridized carbons (Fsp3) is 0.143. The standard InChI is InChI=1S/C7H10SSi/c9-6-2-4-7-3-1-5-8-7/h1-3,5-6H,4H2,9H3. The third kappa shape index (κ3) is 2.16. The minimum atomic E-state index is 1.13. The van der Waals surface area contributed by atoms with Gasteiger partial charge in [-0.1, -0.05) is 12.1 Å². The maximum Gasteiger partial charge on any atom is 0.0287 e. The second-order valence-corrected chi connectivity index (χ2v) is 3.55. The lowest BCUT2D eigenvalue weighted by atomic mass is 10.3. The van der Waals surface area contributed by atoms with E-state index in [0.717, 1.165) is 6.42 Å². The van der Waals surface area contributed by atoms with E-state index in [2.05, 4.69) is 29.3 Å². The summed E-state index contributed by atoms with van der Waals surface area (Å²) in [5.41, 5.74) is 2.22. The SMILES string of the molecule is [SiH3]C=CCc1cccs1. The molecule has 0 unspecified atom stereocenters. The maximum absolute atomic E-state index is 2.23. The minimum Gasteiger partial charge on any atom is -0.149 e. The molecule has 9 heavy (non-hydrogen) atoms. The van der Waals surface area contributed by atoms with Crippen LogP contribution in [0.1, 0.15) is 4.88 Å². The van der Waals surface area contributed by atoms with Crippen molar-refractivity contribution in [2.24, 2.45) is 0 Å². The first-order valence-electron chi connectivity index (χ1n) is 3.07. The summed E-state index contributed by atoms with van der Waals surface area (Å²) in [4.78, 5) is 1.46. The summed E-state index contributed by atoms with van der Waals surface area (Å²) in [6, 6.07) is 4.27. The van der Waals surface area contributed by atoms with Gasteiger partial charge in [-0.2, -0.15) is 0 Å². The van der Waals surface area contributed by atoms with E-state index in [0.29, 0.717) is 0 Å². The average Bonchev–Trinajstić information content (AvgIpc) is 2.34. The van der Waals surface area contributed by atoms with Crippen LogP contribution in [0.3, 0.4) is 0 Å². The summed E-state index contributed by atoms with van der Waals surface area (Å²) in [6.45, 7) is 0. The van der Waals surface area contributed by atoms with Gasteiger partial charge < -0.3 is 0 Å². The molecule has 0 aliphatic rings. The Kier molecular flexibility index (Phi) is 2.74. The van der Waals surface area contributed by atoms with Gasteiger partial charge in [-0.15, -0.1) is 17.0 Å². The largest absolute Gasteiger partial charge is 0.149 e. The quantitative estimate of drug-likeness (QED) is 0.561. The summed E-state index contributed by atoms with van der Waals surface area (Å²) in [7, 11) is 1.18. The highest BCUT2D eigenvalue weighted by atomic mass is 32.1. The van der Waals surface area contributed by atoms with Gasteiger partial charge in [0.25, 0.3) is 0 Å². The second kappa shape index (κ2) is 3.64. The molecule has 0 bridgehead atoms. The first-order valence-corrected chi connectivity index (χ1v) is 5.10. The normalized spacial score (nSPS) is 11.1. The van der Waals surface area contributed by atoms with E-state index in [9.17, 15) is 0 Å². The molecule has 0 fully saturated rings. The van der Waals surface area contributed by atoms with Crippen LogP contribution in [0.25, 0.3) is 0 Å². The topological polar surface area (TPSA) is 0 Å². The summed E-state index contributed by atoms with van der Waals surface area (Å²) in [6.07, 6.45) is 3.36. The molecule has 0 nitrogen and oxygen atoms in total. The monoisotopic (exact) mass is 154 g/mol. The van der Waals surface area contributed by atoms with E-state index < -0.39 is 0 Å². The number of hydrogen-bond acceptors (Lipinski definition) is 1. The predicted octanol–water partition coefficient (Wildman–Crippen LogP) is 1.17. The Hall–Kier alpha value is -0.343. The Bertz CT molecular complexity index is 177. The summed E-state index contributed by atoms with van der Waals surface area (Å²) in [5.74, 6) is 0. The van der Waals surface area contributed by atoms with Crippen molar-refractivity contribution < 1.29 is 0 Å². The third-order valence-electron chi connectivity index (χ3n) is 1.13. The molecular weight excluding hydrogens is 144 g/mol. The average molecular weight is 154 g/mol. The molecule has 0 aliphatic carbocycles. The van der Waals surface area contributed by atoms with E-state index in [1.165, 1.54) is 15.1 Å². The number of thiophene rings is 1. The van der Waals surface area contributed by atoms with Gasteiger partial charge in [0.15, 0.2) is 0 Å². The zero-order valence-electron chi connectivity index (χ0n) is 5.50. The van der Waals surface area contributed by atoms with E-state index in [1.54, 1.807) is 0 Å². The van der Waals surface area contributed by atoms with E-state index in [4.69, 9.17) is 0 Å². The molecule has 2 heteroatoms. The first kappa shape index (κ1) is 6.77. The molecule has 0 atom stereocenters. The van der Waals surface area contributed by atoms with Gasteiger partial charge in [0.1, 0.15) is 0 Å². The molecule has 0 amide bonds. The number of rotatable bonds is 2. The van der Waals surface area contributed by atoms with Crippen LogP contribution < -0.4 is 0 Å². The molecule has 1 aromatic rings. The molecule has 1 heterocycles. The lowest BCUT2D eigenvalue weighted by Crippen LogP contribution is -1.69. The van der Waals surface area contributed by atoms with Crippen LogP contribution in [0.15, 0.2) is 29.3 Å². The molecule has 0 saturated heterocycles. The number of allylic oxidation sites excluding steroid dienone is 1. The predicted molar refractivity (Wildman–Crippen MR) is 47.1 cm³/mol. The molecule has 0 spiro atoms. The number of hydrogen-bond donors (Lipinski definition) is 0. The molecule has 0 N–H and O–H groups in total. The van der Waals surface area contributed by atoms with E-state index in [1.807, 2.05) is 11.3 Å².